The highest BCUT2D eigenvalue weighted by molar-refractivity contribution is 7.93. The van der Waals surface area contributed by atoms with Crippen LogP contribution < -0.4 is 4.31 Å². The SMILES string of the molecule is Cc1cc(F)ccc1S(=O)(=O)N1CC(C)c2ccccc21. The third kappa shape index (κ3) is 2.21. The van der Waals surface area contributed by atoms with E-state index in [0.29, 0.717) is 17.8 Å². The van der Waals surface area contributed by atoms with Crippen LogP contribution in [-0.2, 0) is 10.0 Å². The Balaban J connectivity index is 2.12. The van der Waals surface area contributed by atoms with Crippen LogP contribution >= 0.6 is 0 Å². The molecule has 110 valence electrons. The fraction of sp³-hybridized carbons (Fsp3) is 0.250. The number of benzene rings is 2. The van der Waals surface area contributed by atoms with Crippen LogP contribution in [0.5, 0.6) is 0 Å². The lowest BCUT2D eigenvalue weighted by Gasteiger charge is -2.21. The van der Waals surface area contributed by atoms with Gasteiger partial charge in [0.25, 0.3) is 10.0 Å². The molecule has 1 aliphatic rings. The van der Waals surface area contributed by atoms with Gasteiger partial charge in [-0.2, -0.15) is 0 Å². The van der Waals surface area contributed by atoms with Gasteiger partial charge in [-0.25, -0.2) is 12.8 Å². The highest BCUT2D eigenvalue weighted by Crippen LogP contribution is 2.39. The van der Waals surface area contributed by atoms with Crippen molar-refractivity contribution in [2.24, 2.45) is 0 Å². The van der Waals surface area contributed by atoms with Gasteiger partial charge in [-0.1, -0.05) is 25.1 Å². The third-order valence-corrected chi connectivity index (χ3v) is 5.82. The Morgan fingerprint density at radius 3 is 2.62 bits per heavy atom. The molecule has 0 saturated heterocycles. The Hall–Kier alpha value is -1.88. The van der Waals surface area contributed by atoms with E-state index in [0.717, 1.165) is 5.56 Å². The third-order valence-electron chi connectivity index (χ3n) is 3.88. The molecule has 0 amide bonds. The zero-order chi connectivity index (χ0) is 15.2. The van der Waals surface area contributed by atoms with Crippen molar-refractivity contribution in [3.8, 4) is 0 Å². The molecule has 0 bridgehead atoms. The van der Waals surface area contributed by atoms with Gasteiger partial charge in [0.05, 0.1) is 10.6 Å². The summed E-state index contributed by atoms with van der Waals surface area (Å²) in [6.45, 7) is 4.03. The number of hydrogen-bond donors (Lipinski definition) is 0. The van der Waals surface area contributed by atoms with Crippen molar-refractivity contribution in [2.75, 3.05) is 10.8 Å². The monoisotopic (exact) mass is 305 g/mol. The number of aryl methyl sites for hydroxylation is 1. The minimum Gasteiger partial charge on any atom is -0.265 e. The minimum absolute atomic E-state index is 0.150. The number of nitrogens with zero attached hydrogens (tertiary/aromatic N) is 1. The van der Waals surface area contributed by atoms with Gasteiger partial charge in [0, 0.05) is 12.5 Å². The topological polar surface area (TPSA) is 37.4 Å². The van der Waals surface area contributed by atoms with E-state index in [2.05, 4.69) is 0 Å². The first-order chi connectivity index (χ1) is 9.91. The van der Waals surface area contributed by atoms with E-state index in [1.54, 1.807) is 6.92 Å². The number of fused-ring (bicyclic) bond motifs is 1. The average Bonchev–Trinajstić information content (AvgIpc) is 2.77. The quantitative estimate of drug-likeness (QED) is 0.852. The molecular formula is C16H16FNO2S. The van der Waals surface area contributed by atoms with E-state index in [1.165, 1.54) is 22.5 Å². The van der Waals surface area contributed by atoms with Crippen LogP contribution in [0.15, 0.2) is 47.4 Å². The van der Waals surface area contributed by atoms with Crippen LogP contribution in [-0.4, -0.2) is 15.0 Å². The Morgan fingerprint density at radius 2 is 1.90 bits per heavy atom. The lowest BCUT2D eigenvalue weighted by Crippen LogP contribution is -2.30. The van der Waals surface area contributed by atoms with Crippen LogP contribution in [0.4, 0.5) is 10.1 Å². The Morgan fingerprint density at radius 1 is 1.19 bits per heavy atom. The molecule has 1 atom stereocenters. The summed E-state index contributed by atoms with van der Waals surface area (Å²) >= 11 is 0. The molecular weight excluding hydrogens is 289 g/mol. The second-order valence-corrected chi connectivity index (χ2v) is 7.24. The van der Waals surface area contributed by atoms with Crippen LogP contribution in [0.25, 0.3) is 0 Å². The predicted octanol–water partition coefficient (Wildman–Crippen LogP) is 3.45. The molecule has 1 unspecified atom stereocenters. The summed E-state index contributed by atoms with van der Waals surface area (Å²) in [6.07, 6.45) is 0. The molecule has 1 heterocycles. The fourth-order valence-electron chi connectivity index (χ4n) is 2.83. The van der Waals surface area contributed by atoms with E-state index < -0.39 is 15.8 Å². The highest BCUT2D eigenvalue weighted by Gasteiger charge is 2.35. The maximum atomic E-state index is 13.2. The molecule has 0 radical (unpaired) electrons. The van der Waals surface area contributed by atoms with Crippen molar-refractivity contribution in [1.29, 1.82) is 0 Å². The van der Waals surface area contributed by atoms with Gasteiger partial charge < -0.3 is 0 Å². The molecule has 21 heavy (non-hydrogen) atoms. The van der Waals surface area contributed by atoms with E-state index in [9.17, 15) is 12.8 Å². The number of para-hydroxylation sites is 1. The Labute approximate surface area is 124 Å². The van der Waals surface area contributed by atoms with E-state index in [-0.39, 0.29) is 10.8 Å². The summed E-state index contributed by atoms with van der Waals surface area (Å²) in [4.78, 5) is 0.160. The van der Waals surface area contributed by atoms with Crippen molar-refractivity contribution < 1.29 is 12.8 Å². The first-order valence-corrected chi connectivity index (χ1v) is 8.23. The molecule has 5 heteroatoms. The molecule has 2 aromatic carbocycles. The van der Waals surface area contributed by atoms with Crippen LogP contribution in [0.3, 0.4) is 0 Å². The summed E-state index contributed by atoms with van der Waals surface area (Å²) in [5, 5.41) is 0. The number of halogens is 1. The first-order valence-electron chi connectivity index (χ1n) is 6.79. The standard InChI is InChI=1S/C16H16FNO2S/c1-11-9-13(17)7-8-16(11)21(19,20)18-10-12(2)14-5-3-4-6-15(14)18/h3-9,12H,10H2,1-2H3. The summed E-state index contributed by atoms with van der Waals surface area (Å²) in [5.74, 6) is -0.279. The van der Waals surface area contributed by atoms with Crippen molar-refractivity contribution in [2.45, 2.75) is 24.7 Å². The van der Waals surface area contributed by atoms with Crippen molar-refractivity contribution in [1.82, 2.24) is 0 Å². The maximum Gasteiger partial charge on any atom is 0.264 e. The van der Waals surface area contributed by atoms with Crippen molar-refractivity contribution >= 4 is 15.7 Å². The van der Waals surface area contributed by atoms with Gasteiger partial charge in [-0.3, -0.25) is 4.31 Å². The molecule has 3 nitrogen and oxygen atoms in total. The van der Waals surface area contributed by atoms with Crippen LogP contribution in [0.1, 0.15) is 24.0 Å². The normalized spacial score (nSPS) is 17.9. The van der Waals surface area contributed by atoms with Crippen molar-refractivity contribution in [3.63, 3.8) is 0 Å². The van der Waals surface area contributed by atoms with Gasteiger partial charge in [-0.05, 0) is 42.3 Å². The summed E-state index contributed by atoms with van der Waals surface area (Å²) < 4.78 is 40.4. The van der Waals surface area contributed by atoms with Crippen LogP contribution in [0.2, 0.25) is 0 Å². The minimum atomic E-state index is -3.67. The second kappa shape index (κ2) is 4.84. The molecule has 0 aliphatic carbocycles. The molecule has 0 saturated carbocycles. The van der Waals surface area contributed by atoms with Crippen molar-refractivity contribution in [3.05, 3.63) is 59.4 Å². The number of hydrogen-bond acceptors (Lipinski definition) is 2. The van der Waals surface area contributed by atoms with Gasteiger partial charge in [0.1, 0.15) is 5.82 Å². The summed E-state index contributed by atoms with van der Waals surface area (Å²) in [6, 6.07) is 11.3. The van der Waals surface area contributed by atoms with Gasteiger partial charge in [0.2, 0.25) is 0 Å². The summed E-state index contributed by atoms with van der Waals surface area (Å²) in [7, 11) is -3.67. The lowest BCUT2D eigenvalue weighted by molar-refractivity contribution is 0.588. The fourth-order valence-corrected chi connectivity index (χ4v) is 4.61. The number of rotatable bonds is 2. The molecule has 0 spiro atoms. The predicted molar refractivity (Wildman–Crippen MR) is 80.5 cm³/mol. The van der Waals surface area contributed by atoms with Gasteiger partial charge in [-0.15, -0.1) is 0 Å². The lowest BCUT2D eigenvalue weighted by atomic mass is 10.0. The average molecular weight is 305 g/mol. The molecule has 0 N–H and O–H groups in total. The second-order valence-electron chi connectivity index (χ2n) is 5.41. The molecule has 0 aromatic heterocycles. The summed E-state index contributed by atoms with van der Waals surface area (Å²) in [5.41, 5.74) is 2.17. The largest absolute Gasteiger partial charge is 0.265 e. The Bertz CT molecular complexity index is 802. The van der Waals surface area contributed by atoms with Crippen LogP contribution in [0, 0.1) is 12.7 Å². The molecule has 2 aromatic rings. The molecule has 1 aliphatic heterocycles. The smallest absolute Gasteiger partial charge is 0.264 e. The van der Waals surface area contributed by atoms with Gasteiger partial charge >= 0.3 is 0 Å². The van der Waals surface area contributed by atoms with Gasteiger partial charge in [0.15, 0.2) is 0 Å². The number of anilines is 1. The van der Waals surface area contributed by atoms with E-state index >= 15 is 0 Å². The highest BCUT2D eigenvalue weighted by atomic mass is 32.2. The molecule has 3 rings (SSSR count). The number of sulfonamides is 1. The first kappa shape index (κ1) is 14.1. The zero-order valence-electron chi connectivity index (χ0n) is 11.9. The maximum absolute atomic E-state index is 13.2. The Kier molecular flexibility index (Phi) is 3.24. The zero-order valence-corrected chi connectivity index (χ0v) is 12.7. The van der Waals surface area contributed by atoms with E-state index in [4.69, 9.17) is 0 Å². The molecule has 0 fully saturated rings. The van der Waals surface area contributed by atoms with E-state index in [1.807, 2.05) is 31.2 Å².